The van der Waals surface area contributed by atoms with Gasteiger partial charge in [0.05, 0.1) is 0 Å². The fraction of sp³-hybridized carbons (Fsp3) is 0.571. The topological polar surface area (TPSA) is 29.3 Å². The predicted octanol–water partition coefficient (Wildman–Crippen LogP) is 2.42. The van der Waals surface area contributed by atoms with Gasteiger partial charge in [0, 0.05) is 19.1 Å². The van der Waals surface area contributed by atoms with Crippen molar-refractivity contribution in [2.75, 3.05) is 13.6 Å². The largest absolute Gasteiger partial charge is 0.327 e. The van der Waals surface area contributed by atoms with Crippen molar-refractivity contribution in [3.05, 3.63) is 35.4 Å². The van der Waals surface area contributed by atoms with Crippen molar-refractivity contribution in [3.63, 3.8) is 0 Å². The van der Waals surface area contributed by atoms with Crippen molar-refractivity contribution in [3.8, 4) is 0 Å². The summed E-state index contributed by atoms with van der Waals surface area (Å²) >= 11 is 0. The van der Waals surface area contributed by atoms with Crippen LogP contribution in [-0.2, 0) is 13.0 Å². The highest BCUT2D eigenvalue weighted by molar-refractivity contribution is 5.22. The molecule has 90 valence electrons. The molecule has 0 heterocycles. The molecule has 0 aromatic heterocycles. The zero-order chi connectivity index (χ0) is 12.0. The zero-order valence-electron chi connectivity index (χ0n) is 10.7. The first-order chi connectivity index (χ1) is 7.61. The minimum atomic E-state index is 0.240. The van der Waals surface area contributed by atoms with Crippen molar-refractivity contribution < 1.29 is 0 Å². The molecule has 0 radical (unpaired) electrons. The molecule has 1 unspecified atom stereocenters. The zero-order valence-corrected chi connectivity index (χ0v) is 10.7. The van der Waals surface area contributed by atoms with E-state index in [4.69, 9.17) is 5.73 Å². The standard InChI is InChI=1S/C14H24N2/c1-4-5-13-6-8-14(9-7-13)11-16(3)10-12(2)15/h6-9,12H,4-5,10-11,15H2,1-3H3. The van der Waals surface area contributed by atoms with Gasteiger partial charge < -0.3 is 10.6 Å². The van der Waals surface area contributed by atoms with E-state index in [-0.39, 0.29) is 6.04 Å². The highest BCUT2D eigenvalue weighted by Gasteiger charge is 2.02. The van der Waals surface area contributed by atoms with Crippen LogP contribution >= 0.6 is 0 Å². The number of rotatable bonds is 6. The van der Waals surface area contributed by atoms with E-state index in [2.05, 4.69) is 43.1 Å². The van der Waals surface area contributed by atoms with E-state index in [0.29, 0.717) is 0 Å². The number of hydrogen-bond acceptors (Lipinski definition) is 2. The first kappa shape index (κ1) is 13.2. The average molecular weight is 220 g/mol. The molecule has 2 heteroatoms. The average Bonchev–Trinajstić information content (AvgIpc) is 2.20. The van der Waals surface area contributed by atoms with E-state index in [0.717, 1.165) is 13.1 Å². The summed E-state index contributed by atoms with van der Waals surface area (Å²) in [5, 5.41) is 0. The van der Waals surface area contributed by atoms with Gasteiger partial charge in [-0.2, -0.15) is 0 Å². The van der Waals surface area contributed by atoms with Crippen LogP contribution in [0.1, 0.15) is 31.4 Å². The molecule has 2 nitrogen and oxygen atoms in total. The van der Waals surface area contributed by atoms with Crippen molar-refractivity contribution in [2.45, 2.75) is 39.3 Å². The van der Waals surface area contributed by atoms with Gasteiger partial charge in [-0.3, -0.25) is 0 Å². The Morgan fingerprint density at radius 1 is 1.19 bits per heavy atom. The van der Waals surface area contributed by atoms with E-state index >= 15 is 0 Å². The molecule has 0 aliphatic rings. The SMILES string of the molecule is CCCc1ccc(CN(C)CC(C)N)cc1. The van der Waals surface area contributed by atoms with Crippen molar-refractivity contribution >= 4 is 0 Å². The Morgan fingerprint density at radius 3 is 2.25 bits per heavy atom. The second kappa shape index (κ2) is 6.66. The van der Waals surface area contributed by atoms with Crippen LogP contribution in [0.5, 0.6) is 0 Å². The quantitative estimate of drug-likeness (QED) is 0.797. The second-order valence-corrected chi connectivity index (χ2v) is 4.74. The molecule has 0 saturated carbocycles. The maximum absolute atomic E-state index is 5.77. The summed E-state index contributed by atoms with van der Waals surface area (Å²) in [6.07, 6.45) is 2.39. The van der Waals surface area contributed by atoms with Crippen molar-refractivity contribution in [2.24, 2.45) is 5.73 Å². The van der Waals surface area contributed by atoms with Crippen LogP contribution < -0.4 is 5.73 Å². The van der Waals surface area contributed by atoms with Gasteiger partial charge in [0.15, 0.2) is 0 Å². The molecule has 1 aromatic carbocycles. The number of nitrogens with zero attached hydrogens (tertiary/aromatic N) is 1. The Balaban J connectivity index is 2.48. The summed E-state index contributed by atoms with van der Waals surface area (Å²) in [5.74, 6) is 0. The lowest BCUT2D eigenvalue weighted by Gasteiger charge is -2.18. The van der Waals surface area contributed by atoms with Crippen LogP contribution in [0, 0.1) is 0 Å². The van der Waals surface area contributed by atoms with E-state index in [1.165, 1.54) is 24.0 Å². The van der Waals surface area contributed by atoms with Gasteiger partial charge in [0.25, 0.3) is 0 Å². The van der Waals surface area contributed by atoms with Crippen LogP contribution in [0.4, 0.5) is 0 Å². The van der Waals surface area contributed by atoms with Gasteiger partial charge in [-0.1, -0.05) is 37.6 Å². The van der Waals surface area contributed by atoms with E-state index < -0.39 is 0 Å². The predicted molar refractivity (Wildman–Crippen MR) is 70.4 cm³/mol. The van der Waals surface area contributed by atoms with Gasteiger partial charge in [-0.05, 0) is 31.5 Å². The third kappa shape index (κ3) is 4.77. The number of benzene rings is 1. The highest BCUT2D eigenvalue weighted by Crippen LogP contribution is 2.08. The molecular formula is C14H24N2. The highest BCUT2D eigenvalue weighted by atomic mass is 15.1. The fourth-order valence-corrected chi connectivity index (χ4v) is 1.97. The Bertz CT molecular complexity index is 290. The Labute approximate surface area is 99.5 Å². The number of hydrogen-bond donors (Lipinski definition) is 1. The minimum Gasteiger partial charge on any atom is -0.327 e. The number of nitrogens with two attached hydrogens (primary N) is 1. The van der Waals surface area contributed by atoms with Crippen LogP contribution in [0.3, 0.4) is 0 Å². The molecule has 1 aromatic rings. The smallest absolute Gasteiger partial charge is 0.0231 e. The maximum Gasteiger partial charge on any atom is 0.0231 e. The summed E-state index contributed by atoms with van der Waals surface area (Å²) in [5.41, 5.74) is 8.56. The van der Waals surface area contributed by atoms with Crippen molar-refractivity contribution in [1.29, 1.82) is 0 Å². The van der Waals surface area contributed by atoms with Gasteiger partial charge >= 0.3 is 0 Å². The molecule has 0 fully saturated rings. The third-order valence-corrected chi connectivity index (χ3v) is 2.61. The third-order valence-electron chi connectivity index (χ3n) is 2.61. The first-order valence-corrected chi connectivity index (χ1v) is 6.13. The maximum atomic E-state index is 5.77. The molecular weight excluding hydrogens is 196 g/mol. The van der Waals surface area contributed by atoms with Crippen LogP contribution in [0.25, 0.3) is 0 Å². The van der Waals surface area contributed by atoms with Crippen LogP contribution in [-0.4, -0.2) is 24.5 Å². The van der Waals surface area contributed by atoms with E-state index in [9.17, 15) is 0 Å². The second-order valence-electron chi connectivity index (χ2n) is 4.74. The monoisotopic (exact) mass is 220 g/mol. The number of likely N-dealkylation sites (N-methyl/N-ethyl adjacent to an activating group) is 1. The summed E-state index contributed by atoms with van der Waals surface area (Å²) in [4.78, 5) is 2.26. The summed E-state index contributed by atoms with van der Waals surface area (Å²) < 4.78 is 0. The van der Waals surface area contributed by atoms with Crippen LogP contribution in [0.15, 0.2) is 24.3 Å². The molecule has 1 rings (SSSR count). The molecule has 0 bridgehead atoms. The Morgan fingerprint density at radius 2 is 1.75 bits per heavy atom. The molecule has 0 saturated heterocycles. The summed E-state index contributed by atoms with van der Waals surface area (Å²) in [7, 11) is 2.11. The Hall–Kier alpha value is -0.860. The summed E-state index contributed by atoms with van der Waals surface area (Å²) in [6, 6.07) is 9.16. The van der Waals surface area contributed by atoms with E-state index in [1.807, 2.05) is 6.92 Å². The molecule has 16 heavy (non-hydrogen) atoms. The lowest BCUT2D eigenvalue weighted by Crippen LogP contribution is -2.32. The van der Waals surface area contributed by atoms with Gasteiger partial charge in [-0.25, -0.2) is 0 Å². The lowest BCUT2D eigenvalue weighted by molar-refractivity contribution is 0.310. The van der Waals surface area contributed by atoms with Gasteiger partial charge in [-0.15, -0.1) is 0 Å². The molecule has 1 atom stereocenters. The summed E-state index contributed by atoms with van der Waals surface area (Å²) in [6.45, 7) is 6.18. The molecule has 0 aliphatic heterocycles. The fourth-order valence-electron chi connectivity index (χ4n) is 1.97. The van der Waals surface area contributed by atoms with Gasteiger partial charge in [0.2, 0.25) is 0 Å². The molecule has 2 N–H and O–H groups in total. The van der Waals surface area contributed by atoms with Crippen molar-refractivity contribution in [1.82, 2.24) is 4.90 Å². The normalized spacial score (nSPS) is 13.1. The van der Waals surface area contributed by atoms with Gasteiger partial charge in [0.1, 0.15) is 0 Å². The van der Waals surface area contributed by atoms with E-state index in [1.54, 1.807) is 0 Å². The lowest BCUT2D eigenvalue weighted by atomic mass is 10.1. The first-order valence-electron chi connectivity index (χ1n) is 6.13. The molecule has 0 spiro atoms. The molecule has 0 amide bonds. The molecule has 0 aliphatic carbocycles. The Kier molecular flexibility index (Phi) is 5.50. The number of aryl methyl sites for hydroxylation is 1. The minimum absolute atomic E-state index is 0.240. The van der Waals surface area contributed by atoms with Crippen LogP contribution in [0.2, 0.25) is 0 Å².